The second kappa shape index (κ2) is 10.3. The van der Waals surface area contributed by atoms with Crippen LogP contribution in [0, 0.1) is 0 Å². The van der Waals surface area contributed by atoms with Gasteiger partial charge in [-0.25, -0.2) is 0 Å². The van der Waals surface area contributed by atoms with Crippen molar-refractivity contribution in [3.63, 3.8) is 0 Å². The third kappa shape index (κ3) is 7.03. The summed E-state index contributed by atoms with van der Waals surface area (Å²) >= 11 is 3.48. The molecule has 19 heavy (non-hydrogen) atoms. The van der Waals surface area contributed by atoms with Crippen LogP contribution in [0.15, 0.2) is 28.7 Å². The van der Waals surface area contributed by atoms with E-state index >= 15 is 0 Å². The van der Waals surface area contributed by atoms with Crippen LogP contribution in [0.25, 0.3) is 0 Å². The third-order valence-corrected chi connectivity index (χ3v) is 3.08. The van der Waals surface area contributed by atoms with Gasteiger partial charge in [0, 0.05) is 18.1 Å². The predicted octanol–water partition coefficient (Wildman–Crippen LogP) is 2.39. The normalized spacial score (nSPS) is 12.6. The largest absolute Gasteiger partial charge is 0.382 e. The summed E-state index contributed by atoms with van der Waals surface area (Å²) in [7, 11) is 3.58. The van der Waals surface area contributed by atoms with Crippen molar-refractivity contribution in [2.45, 2.75) is 6.10 Å². The van der Waals surface area contributed by atoms with E-state index in [2.05, 4.69) is 33.4 Å². The number of ether oxygens (including phenoxy) is 3. The highest BCUT2D eigenvalue weighted by atomic mass is 79.9. The van der Waals surface area contributed by atoms with Gasteiger partial charge in [-0.05, 0) is 24.7 Å². The fourth-order valence-corrected chi connectivity index (χ4v) is 2.08. The summed E-state index contributed by atoms with van der Waals surface area (Å²) in [5.74, 6) is 0. The van der Waals surface area contributed by atoms with Gasteiger partial charge in [0.05, 0.1) is 32.5 Å². The Hall–Kier alpha value is -0.460. The molecule has 0 bridgehead atoms. The Morgan fingerprint density at radius 1 is 1.21 bits per heavy atom. The molecule has 108 valence electrons. The van der Waals surface area contributed by atoms with Crippen molar-refractivity contribution in [2.24, 2.45) is 0 Å². The van der Waals surface area contributed by atoms with Crippen molar-refractivity contribution in [3.05, 3.63) is 34.3 Å². The van der Waals surface area contributed by atoms with Gasteiger partial charge in [-0.15, -0.1) is 0 Å². The zero-order valence-corrected chi connectivity index (χ0v) is 13.1. The van der Waals surface area contributed by atoms with Gasteiger partial charge in [0.15, 0.2) is 0 Å². The smallest absolute Gasteiger partial charge is 0.0950 e. The first-order valence-corrected chi connectivity index (χ1v) is 7.15. The van der Waals surface area contributed by atoms with Crippen LogP contribution in [-0.2, 0) is 14.2 Å². The summed E-state index contributed by atoms with van der Waals surface area (Å²) in [6, 6.07) is 8.17. The maximum absolute atomic E-state index is 5.85. The van der Waals surface area contributed by atoms with Gasteiger partial charge in [-0.2, -0.15) is 0 Å². The van der Waals surface area contributed by atoms with Gasteiger partial charge < -0.3 is 19.5 Å². The molecule has 1 aromatic rings. The fraction of sp³-hybridized carbons (Fsp3) is 0.571. The van der Waals surface area contributed by atoms with Crippen molar-refractivity contribution in [2.75, 3.05) is 47.1 Å². The number of hydrogen-bond acceptors (Lipinski definition) is 4. The average Bonchev–Trinajstić information content (AvgIpc) is 2.41. The molecule has 0 aliphatic rings. The number of likely N-dealkylation sites (N-methyl/N-ethyl adjacent to an activating group) is 1. The quantitative estimate of drug-likeness (QED) is 0.668. The molecule has 0 spiro atoms. The van der Waals surface area contributed by atoms with Gasteiger partial charge in [0.2, 0.25) is 0 Å². The molecule has 1 atom stereocenters. The molecule has 1 N–H and O–H groups in total. The molecule has 0 fully saturated rings. The molecule has 1 rings (SSSR count). The summed E-state index contributed by atoms with van der Waals surface area (Å²) < 4.78 is 17.2. The molecule has 5 heteroatoms. The van der Waals surface area contributed by atoms with E-state index in [4.69, 9.17) is 14.2 Å². The van der Waals surface area contributed by atoms with Crippen LogP contribution < -0.4 is 5.32 Å². The van der Waals surface area contributed by atoms with Crippen molar-refractivity contribution >= 4 is 15.9 Å². The molecule has 0 saturated heterocycles. The van der Waals surface area contributed by atoms with Crippen LogP contribution in [0.3, 0.4) is 0 Å². The lowest BCUT2D eigenvalue weighted by atomic mass is 10.1. The highest BCUT2D eigenvalue weighted by molar-refractivity contribution is 9.10. The SMILES string of the molecule is CNCC(OCCOCCOC)c1cccc(Br)c1. The third-order valence-electron chi connectivity index (χ3n) is 2.59. The summed E-state index contributed by atoms with van der Waals surface area (Å²) in [5, 5.41) is 3.15. The minimum absolute atomic E-state index is 0.0357. The minimum Gasteiger partial charge on any atom is -0.382 e. The highest BCUT2D eigenvalue weighted by Gasteiger charge is 2.11. The first-order valence-electron chi connectivity index (χ1n) is 6.36. The van der Waals surface area contributed by atoms with E-state index in [-0.39, 0.29) is 6.10 Å². The van der Waals surface area contributed by atoms with Crippen LogP contribution in [0.5, 0.6) is 0 Å². The summed E-state index contributed by atoms with van der Waals surface area (Å²) in [4.78, 5) is 0. The Labute approximate surface area is 123 Å². The van der Waals surface area contributed by atoms with E-state index in [1.807, 2.05) is 19.2 Å². The molecule has 0 radical (unpaired) electrons. The number of methoxy groups -OCH3 is 1. The molecule has 0 amide bonds. The molecular formula is C14H22BrNO3. The highest BCUT2D eigenvalue weighted by Crippen LogP contribution is 2.20. The van der Waals surface area contributed by atoms with Crippen molar-refractivity contribution in [1.29, 1.82) is 0 Å². The van der Waals surface area contributed by atoms with Crippen LogP contribution in [0.2, 0.25) is 0 Å². The first kappa shape index (κ1) is 16.6. The standard InChI is InChI=1S/C14H22BrNO3/c1-16-11-14(12-4-3-5-13(15)10-12)19-9-8-18-7-6-17-2/h3-5,10,14,16H,6-9,11H2,1-2H3. The van der Waals surface area contributed by atoms with E-state index in [0.717, 1.165) is 16.6 Å². The van der Waals surface area contributed by atoms with E-state index in [9.17, 15) is 0 Å². The first-order chi connectivity index (χ1) is 9.27. The zero-order valence-electron chi connectivity index (χ0n) is 11.5. The Bertz CT molecular complexity index is 349. The number of hydrogen-bond donors (Lipinski definition) is 1. The number of benzene rings is 1. The van der Waals surface area contributed by atoms with E-state index in [1.54, 1.807) is 7.11 Å². The Morgan fingerprint density at radius 3 is 2.68 bits per heavy atom. The minimum atomic E-state index is 0.0357. The second-order valence-corrected chi connectivity index (χ2v) is 4.99. The maximum Gasteiger partial charge on any atom is 0.0950 e. The lowest BCUT2D eigenvalue weighted by molar-refractivity contribution is -0.00633. The number of rotatable bonds is 10. The van der Waals surface area contributed by atoms with Crippen LogP contribution in [0.4, 0.5) is 0 Å². The lowest BCUT2D eigenvalue weighted by Gasteiger charge is -2.18. The predicted molar refractivity (Wildman–Crippen MR) is 79.5 cm³/mol. The van der Waals surface area contributed by atoms with E-state index in [1.165, 1.54) is 0 Å². The van der Waals surface area contributed by atoms with Gasteiger partial charge in [0.25, 0.3) is 0 Å². The Morgan fingerprint density at radius 2 is 2.00 bits per heavy atom. The molecule has 0 aliphatic carbocycles. The van der Waals surface area contributed by atoms with Gasteiger partial charge in [-0.1, -0.05) is 28.1 Å². The molecule has 1 unspecified atom stereocenters. The van der Waals surface area contributed by atoms with Crippen molar-refractivity contribution in [1.82, 2.24) is 5.32 Å². The molecule has 1 aromatic carbocycles. The van der Waals surface area contributed by atoms with Crippen LogP contribution >= 0.6 is 15.9 Å². The number of nitrogens with one attached hydrogen (secondary N) is 1. The molecule has 4 nitrogen and oxygen atoms in total. The van der Waals surface area contributed by atoms with Crippen molar-refractivity contribution in [3.8, 4) is 0 Å². The van der Waals surface area contributed by atoms with Gasteiger partial charge in [0.1, 0.15) is 0 Å². The number of halogens is 1. The molecule has 0 aromatic heterocycles. The molecule has 0 heterocycles. The lowest BCUT2D eigenvalue weighted by Crippen LogP contribution is -2.21. The van der Waals surface area contributed by atoms with Gasteiger partial charge in [-0.3, -0.25) is 0 Å². The fourth-order valence-electron chi connectivity index (χ4n) is 1.66. The Kier molecular flexibility index (Phi) is 9.03. The van der Waals surface area contributed by atoms with Gasteiger partial charge >= 0.3 is 0 Å². The average molecular weight is 332 g/mol. The van der Waals surface area contributed by atoms with Crippen LogP contribution in [0.1, 0.15) is 11.7 Å². The summed E-state index contributed by atoms with van der Waals surface area (Å²) in [6.45, 7) is 3.15. The maximum atomic E-state index is 5.85. The van der Waals surface area contributed by atoms with Crippen molar-refractivity contribution < 1.29 is 14.2 Å². The topological polar surface area (TPSA) is 39.7 Å². The molecule has 0 saturated carbocycles. The summed E-state index contributed by atoms with van der Waals surface area (Å²) in [6.07, 6.45) is 0.0357. The van der Waals surface area contributed by atoms with Crippen LogP contribution in [-0.4, -0.2) is 47.1 Å². The summed E-state index contributed by atoms with van der Waals surface area (Å²) in [5.41, 5.74) is 1.15. The second-order valence-electron chi connectivity index (χ2n) is 4.08. The molecular weight excluding hydrogens is 310 g/mol. The van der Waals surface area contributed by atoms with E-state index < -0.39 is 0 Å². The van der Waals surface area contributed by atoms with E-state index in [0.29, 0.717) is 26.4 Å². The Balaban J connectivity index is 2.36. The molecule has 0 aliphatic heterocycles. The monoisotopic (exact) mass is 331 g/mol. The zero-order chi connectivity index (χ0) is 13.9.